The number of rotatable bonds is 5. The van der Waals surface area contributed by atoms with Crippen molar-refractivity contribution >= 4 is 11.8 Å². The summed E-state index contributed by atoms with van der Waals surface area (Å²) < 4.78 is 1.75. The first-order chi connectivity index (χ1) is 9.23. The fourth-order valence-corrected chi connectivity index (χ4v) is 1.68. The van der Waals surface area contributed by atoms with Crippen LogP contribution >= 0.6 is 0 Å². The Morgan fingerprint density at radius 3 is 2.65 bits per heavy atom. The van der Waals surface area contributed by atoms with Gasteiger partial charge < -0.3 is 20.5 Å². The summed E-state index contributed by atoms with van der Waals surface area (Å²) in [6.45, 7) is 6.76. The molecule has 7 nitrogen and oxygen atoms in total. The molecule has 1 aromatic rings. The lowest BCUT2D eigenvalue weighted by atomic mass is 10.1. The maximum absolute atomic E-state index is 12.1. The largest absolute Gasteiger partial charge is 0.350 e. The van der Waals surface area contributed by atoms with Crippen molar-refractivity contribution in [2.45, 2.75) is 32.9 Å². The van der Waals surface area contributed by atoms with Gasteiger partial charge >= 0.3 is 0 Å². The van der Waals surface area contributed by atoms with Crippen LogP contribution in [0.4, 0.5) is 0 Å². The third-order valence-corrected chi connectivity index (χ3v) is 2.48. The summed E-state index contributed by atoms with van der Waals surface area (Å²) in [6.07, 6.45) is 3.19. The molecule has 1 rings (SSSR count). The van der Waals surface area contributed by atoms with E-state index in [1.165, 1.54) is 4.90 Å². The molecule has 0 fully saturated rings. The van der Waals surface area contributed by atoms with Crippen molar-refractivity contribution in [3.63, 3.8) is 0 Å². The van der Waals surface area contributed by atoms with Crippen molar-refractivity contribution in [2.24, 2.45) is 5.73 Å². The smallest absolute Gasteiger partial charge is 0.274 e. The van der Waals surface area contributed by atoms with E-state index in [1.807, 2.05) is 20.8 Å². The number of aromatic nitrogens is 2. The predicted molar refractivity (Wildman–Crippen MR) is 76.1 cm³/mol. The number of amides is 2. The lowest BCUT2D eigenvalue weighted by Crippen LogP contribution is -2.46. The van der Waals surface area contributed by atoms with Crippen LogP contribution in [0.15, 0.2) is 12.5 Å². The van der Waals surface area contributed by atoms with Gasteiger partial charge in [-0.05, 0) is 20.8 Å². The first-order valence-corrected chi connectivity index (χ1v) is 6.51. The second-order valence-electron chi connectivity index (χ2n) is 5.74. The minimum absolute atomic E-state index is 0.000147. The summed E-state index contributed by atoms with van der Waals surface area (Å²) in [5, 5.41) is 2.81. The molecule has 0 atom stereocenters. The highest BCUT2D eigenvalue weighted by atomic mass is 16.2. The molecule has 1 heterocycles. The standard InChI is InChI=1S/C13H23N5O2/c1-13(2,3)16-11(19)8-17(4)12(20)10-7-18(6-5-14)9-15-10/h7,9H,5-6,8,14H2,1-4H3,(H,16,19). The highest BCUT2D eigenvalue weighted by Crippen LogP contribution is 2.02. The lowest BCUT2D eigenvalue weighted by molar-refractivity contribution is -0.122. The fraction of sp³-hybridized carbons (Fsp3) is 0.615. The number of imidazole rings is 1. The zero-order valence-corrected chi connectivity index (χ0v) is 12.5. The quantitative estimate of drug-likeness (QED) is 0.783. The van der Waals surface area contributed by atoms with Gasteiger partial charge in [-0.25, -0.2) is 4.98 Å². The summed E-state index contributed by atoms with van der Waals surface area (Å²) in [6, 6.07) is 0. The van der Waals surface area contributed by atoms with Gasteiger partial charge in [0.1, 0.15) is 5.69 Å². The summed E-state index contributed by atoms with van der Waals surface area (Å²) in [4.78, 5) is 29.2. The fourth-order valence-electron chi connectivity index (χ4n) is 1.68. The van der Waals surface area contributed by atoms with E-state index in [4.69, 9.17) is 5.73 Å². The zero-order valence-electron chi connectivity index (χ0n) is 12.5. The number of hydrogen-bond acceptors (Lipinski definition) is 4. The molecule has 112 valence electrons. The van der Waals surface area contributed by atoms with E-state index in [2.05, 4.69) is 10.3 Å². The third-order valence-electron chi connectivity index (χ3n) is 2.48. The Labute approximate surface area is 119 Å². The number of nitrogens with two attached hydrogens (primary N) is 1. The zero-order chi connectivity index (χ0) is 15.3. The van der Waals surface area contributed by atoms with Crippen LogP contribution in [-0.4, -0.2) is 51.9 Å². The van der Waals surface area contributed by atoms with Crippen LogP contribution < -0.4 is 11.1 Å². The number of nitrogens with zero attached hydrogens (tertiary/aromatic N) is 3. The Bertz CT molecular complexity index is 475. The molecule has 7 heteroatoms. The Morgan fingerprint density at radius 2 is 2.10 bits per heavy atom. The molecule has 0 bridgehead atoms. The van der Waals surface area contributed by atoms with Crippen LogP contribution in [0, 0.1) is 0 Å². The van der Waals surface area contributed by atoms with Crippen LogP contribution in [0.2, 0.25) is 0 Å². The number of nitrogens with one attached hydrogen (secondary N) is 1. The number of hydrogen-bond donors (Lipinski definition) is 2. The molecular formula is C13H23N5O2. The van der Waals surface area contributed by atoms with E-state index in [9.17, 15) is 9.59 Å². The maximum Gasteiger partial charge on any atom is 0.274 e. The van der Waals surface area contributed by atoms with Crippen LogP contribution in [0.25, 0.3) is 0 Å². The Morgan fingerprint density at radius 1 is 1.45 bits per heavy atom. The summed E-state index contributed by atoms with van der Waals surface area (Å²) >= 11 is 0. The van der Waals surface area contributed by atoms with Gasteiger partial charge in [0.05, 0.1) is 12.9 Å². The van der Waals surface area contributed by atoms with E-state index in [-0.39, 0.29) is 23.9 Å². The van der Waals surface area contributed by atoms with Crippen molar-refractivity contribution in [2.75, 3.05) is 20.1 Å². The van der Waals surface area contributed by atoms with Gasteiger partial charge in [-0.15, -0.1) is 0 Å². The molecule has 0 aliphatic carbocycles. The highest BCUT2D eigenvalue weighted by molar-refractivity contribution is 5.94. The van der Waals surface area contributed by atoms with Crippen LogP contribution in [0.3, 0.4) is 0 Å². The van der Waals surface area contributed by atoms with E-state index in [0.29, 0.717) is 18.8 Å². The van der Waals surface area contributed by atoms with E-state index < -0.39 is 0 Å². The summed E-state index contributed by atoms with van der Waals surface area (Å²) in [5.41, 5.74) is 5.43. The normalized spacial score (nSPS) is 11.2. The van der Waals surface area contributed by atoms with Gasteiger partial charge in [0.15, 0.2) is 0 Å². The highest BCUT2D eigenvalue weighted by Gasteiger charge is 2.20. The molecule has 0 aliphatic heterocycles. The SMILES string of the molecule is CN(CC(=O)NC(C)(C)C)C(=O)c1cn(CCN)cn1. The van der Waals surface area contributed by atoms with Crippen molar-refractivity contribution in [3.05, 3.63) is 18.2 Å². The third kappa shape index (κ3) is 5.00. The lowest BCUT2D eigenvalue weighted by Gasteiger charge is -2.23. The number of likely N-dealkylation sites (N-methyl/N-ethyl adjacent to an activating group) is 1. The first-order valence-electron chi connectivity index (χ1n) is 6.51. The number of carbonyl (C=O) groups excluding carboxylic acids is 2. The average Bonchev–Trinajstić information content (AvgIpc) is 2.74. The van der Waals surface area contributed by atoms with Gasteiger partial charge in [-0.2, -0.15) is 0 Å². The van der Waals surface area contributed by atoms with Crippen molar-refractivity contribution in [1.29, 1.82) is 0 Å². The molecular weight excluding hydrogens is 258 g/mol. The molecule has 0 spiro atoms. The molecule has 3 N–H and O–H groups in total. The second-order valence-corrected chi connectivity index (χ2v) is 5.74. The first kappa shape index (κ1) is 16.2. The minimum atomic E-state index is -0.316. The molecule has 0 aromatic carbocycles. The van der Waals surface area contributed by atoms with Crippen molar-refractivity contribution in [3.8, 4) is 0 Å². The van der Waals surface area contributed by atoms with Crippen molar-refractivity contribution < 1.29 is 9.59 Å². The van der Waals surface area contributed by atoms with Gasteiger partial charge in [0.2, 0.25) is 5.91 Å². The van der Waals surface area contributed by atoms with Crippen molar-refractivity contribution in [1.82, 2.24) is 19.8 Å². The average molecular weight is 281 g/mol. The monoisotopic (exact) mass is 281 g/mol. The molecule has 0 saturated carbocycles. The van der Waals surface area contributed by atoms with E-state index in [1.54, 1.807) is 24.1 Å². The van der Waals surface area contributed by atoms with Crippen LogP contribution in [0.5, 0.6) is 0 Å². The minimum Gasteiger partial charge on any atom is -0.350 e. The molecule has 0 unspecified atom stereocenters. The summed E-state index contributed by atoms with van der Waals surface area (Å²) in [7, 11) is 1.58. The molecule has 20 heavy (non-hydrogen) atoms. The molecule has 2 amide bonds. The molecule has 0 saturated heterocycles. The van der Waals surface area contributed by atoms with E-state index in [0.717, 1.165) is 0 Å². The van der Waals surface area contributed by atoms with Gasteiger partial charge in [-0.1, -0.05) is 0 Å². The predicted octanol–water partition coefficient (Wildman–Crippen LogP) is -0.171. The van der Waals surface area contributed by atoms with Gasteiger partial charge in [-0.3, -0.25) is 9.59 Å². The Hall–Kier alpha value is -1.89. The Kier molecular flexibility index (Phi) is 5.26. The second kappa shape index (κ2) is 6.51. The van der Waals surface area contributed by atoms with Crippen LogP contribution in [0.1, 0.15) is 31.3 Å². The van der Waals surface area contributed by atoms with Gasteiger partial charge in [0.25, 0.3) is 5.91 Å². The molecule has 1 aromatic heterocycles. The molecule has 0 aliphatic rings. The number of carbonyl (C=O) groups is 2. The van der Waals surface area contributed by atoms with Crippen LogP contribution in [-0.2, 0) is 11.3 Å². The Balaban J connectivity index is 2.60. The maximum atomic E-state index is 12.1. The summed E-state index contributed by atoms with van der Waals surface area (Å²) in [5.74, 6) is -0.487. The van der Waals surface area contributed by atoms with E-state index >= 15 is 0 Å². The molecule has 0 radical (unpaired) electrons. The topological polar surface area (TPSA) is 93.2 Å². The van der Waals surface area contributed by atoms with Gasteiger partial charge in [0, 0.05) is 31.9 Å².